The largest absolute Gasteiger partial charge is 0.279 e. The van der Waals surface area contributed by atoms with Crippen LogP contribution in [0.1, 0.15) is 0 Å². The van der Waals surface area contributed by atoms with E-state index < -0.39 is 10.0 Å². The van der Waals surface area contributed by atoms with Gasteiger partial charge in [0.05, 0.1) is 17.4 Å². The topological polar surface area (TPSA) is 74.8 Å². The molecule has 0 fully saturated rings. The number of hydrogen-bond acceptors (Lipinski definition) is 3. The Hall–Kier alpha value is -1.38. The van der Waals surface area contributed by atoms with Gasteiger partial charge in [0.1, 0.15) is 4.90 Å². The Morgan fingerprint density at radius 1 is 1.14 bits per heavy atom. The summed E-state index contributed by atoms with van der Waals surface area (Å²) in [4.78, 5) is 0.172. The quantitative estimate of drug-likeness (QED) is 0.661. The van der Waals surface area contributed by atoms with Crippen molar-refractivity contribution in [2.24, 2.45) is 0 Å². The SMILES string of the molecule is O=S(=O)(Nc1cccc2[nH]ncc12)c1ccc(Br)cc1Br. The Labute approximate surface area is 138 Å². The monoisotopic (exact) mass is 429 g/mol. The molecule has 1 aromatic heterocycles. The molecule has 2 N–H and O–H groups in total. The number of rotatable bonds is 3. The maximum absolute atomic E-state index is 12.5. The van der Waals surface area contributed by atoms with Gasteiger partial charge in [-0.1, -0.05) is 22.0 Å². The zero-order chi connectivity index (χ0) is 15.0. The van der Waals surface area contributed by atoms with Gasteiger partial charge >= 0.3 is 0 Å². The molecule has 0 bridgehead atoms. The van der Waals surface area contributed by atoms with E-state index >= 15 is 0 Å². The van der Waals surface area contributed by atoms with Crippen molar-refractivity contribution in [2.45, 2.75) is 4.90 Å². The molecule has 21 heavy (non-hydrogen) atoms. The Morgan fingerprint density at radius 3 is 2.71 bits per heavy atom. The van der Waals surface area contributed by atoms with Gasteiger partial charge in [-0.2, -0.15) is 5.10 Å². The van der Waals surface area contributed by atoms with E-state index in [4.69, 9.17) is 0 Å². The van der Waals surface area contributed by atoms with Crippen LogP contribution in [0, 0.1) is 0 Å². The van der Waals surface area contributed by atoms with Crippen LogP contribution in [0.15, 0.2) is 56.4 Å². The average molecular weight is 431 g/mol. The molecule has 0 radical (unpaired) electrons. The predicted molar refractivity (Wildman–Crippen MR) is 88.7 cm³/mol. The lowest BCUT2D eigenvalue weighted by atomic mass is 10.2. The molecule has 0 saturated heterocycles. The Morgan fingerprint density at radius 2 is 1.95 bits per heavy atom. The number of H-pyrrole nitrogens is 1. The lowest BCUT2D eigenvalue weighted by Crippen LogP contribution is -2.13. The predicted octanol–water partition coefficient (Wildman–Crippen LogP) is 3.89. The van der Waals surface area contributed by atoms with E-state index in [-0.39, 0.29) is 4.90 Å². The minimum Gasteiger partial charge on any atom is -0.279 e. The second-order valence-electron chi connectivity index (χ2n) is 4.32. The molecule has 0 atom stereocenters. The number of halogens is 2. The van der Waals surface area contributed by atoms with Gasteiger partial charge in [-0.15, -0.1) is 0 Å². The fraction of sp³-hybridized carbons (Fsp3) is 0. The summed E-state index contributed by atoms with van der Waals surface area (Å²) in [5.74, 6) is 0. The minimum absolute atomic E-state index is 0.172. The molecular weight excluding hydrogens is 422 g/mol. The lowest BCUT2D eigenvalue weighted by Gasteiger charge is -2.10. The molecule has 8 heteroatoms. The molecular formula is C13H9Br2N3O2S. The highest BCUT2D eigenvalue weighted by Gasteiger charge is 2.19. The van der Waals surface area contributed by atoms with E-state index in [1.54, 1.807) is 30.5 Å². The molecule has 0 aliphatic heterocycles. The van der Waals surface area contributed by atoms with Gasteiger partial charge in [0.25, 0.3) is 10.0 Å². The summed E-state index contributed by atoms with van der Waals surface area (Å²) in [6.45, 7) is 0. The van der Waals surface area contributed by atoms with Gasteiger partial charge in [-0.05, 0) is 46.3 Å². The summed E-state index contributed by atoms with van der Waals surface area (Å²) < 4.78 is 28.9. The zero-order valence-corrected chi connectivity index (χ0v) is 14.5. The first-order valence-electron chi connectivity index (χ1n) is 5.87. The third-order valence-electron chi connectivity index (χ3n) is 2.91. The van der Waals surface area contributed by atoms with Crippen LogP contribution in [0.2, 0.25) is 0 Å². The van der Waals surface area contributed by atoms with Gasteiger partial charge in [-0.25, -0.2) is 8.42 Å². The number of nitrogens with one attached hydrogen (secondary N) is 2. The number of nitrogens with zero attached hydrogens (tertiary/aromatic N) is 1. The van der Waals surface area contributed by atoms with Crippen LogP contribution in [0.25, 0.3) is 10.9 Å². The molecule has 0 amide bonds. The molecule has 0 spiro atoms. The third-order valence-corrected chi connectivity index (χ3v) is 5.75. The van der Waals surface area contributed by atoms with E-state index in [1.807, 2.05) is 6.07 Å². The molecule has 0 unspecified atom stereocenters. The second kappa shape index (κ2) is 5.43. The van der Waals surface area contributed by atoms with Crippen LogP contribution >= 0.6 is 31.9 Å². The first-order valence-corrected chi connectivity index (χ1v) is 8.94. The number of hydrogen-bond donors (Lipinski definition) is 2. The average Bonchev–Trinajstić information content (AvgIpc) is 2.87. The Kier molecular flexibility index (Phi) is 3.76. The van der Waals surface area contributed by atoms with Crippen molar-refractivity contribution in [2.75, 3.05) is 4.72 Å². The molecule has 3 aromatic rings. The van der Waals surface area contributed by atoms with Gasteiger partial charge in [0, 0.05) is 14.3 Å². The molecule has 0 aliphatic carbocycles. The molecule has 108 valence electrons. The zero-order valence-electron chi connectivity index (χ0n) is 10.5. The number of anilines is 1. The van der Waals surface area contributed by atoms with Crippen LogP contribution in [0.5, 0.6) is 0 Å². The van der Waals surface area contributed by atoms with Crippen LogP contribution in [-0.4, -0.2) is 18.6 Å². The molecule has 3 rings (SSSR count). The van der Waals surface area contributed by atoms with Crippen molar-refractivity contribution < 1.29 is 8.42 Å². The smallest absolute Gasteiger partial charge is 0.263 e. The second-order valence-corrected chi connectivity index (χ2v) is 7.74. The number of fused-ring (bicyclic) bond motifs is 1. The van der Waals surface area contributed by atoms with E-state index in [9.17, 15) is 8.42 Å². The Balaban J connectivity index is 2.05. The Bertz CT molecular complexity index is 922. The number of aromatic nitrogens is 2. The first-order chi connectivity index (χ1) is 9.97. The fourth-order valence-electron chi connectivity index (χ4n) is 1.95. The standard InChI is InChI=1S/C13H9Br2N3O2S/c14-8-4-5-13(10(15)6-8)21(19,20)18-12-3-1-2-11-9(12)7-16-17-11/h1-7,18H,(H,16,17). The first kappa shape index (κ1) is 14.6. The van der Waals surface area contributed by atoms with Crippen LogP contribution < -0.4 is 4.72 Å². The normalized spacial score (nSPS) is 11.7. The highest BCUT2D eigenvalue weighted by molar-refractivity contribution is 9.11. The molecule has 2 aromatic carbocycles. The molecule has 0 saturated carbocycles. The van der Waals surface area contributed by atoms with Crippen LogP contribution in [-0.2, 0) is 10.0 Å². The van der Waals surface area contributed by atoms with Crippen LogP contribution in [0.4, 0.5) is 5.69 Å². The van der Waals surface area contributed by atoms with Crippen molar-refractivity contribution in [1.29, 1.82) is 0 Å². The van der Waals surface area contributed by atoms with Gasteiger partial charge in [0.15, 0.2) is 0 Å². The van der Waals surface area contributed by atoms with Crippen molar-refractivity contribution in [1.82, 2.24) is 10.2 Å². The number of benzene rings is 2. The van der Waals surface area contributed by atoms with Crippen molar-refractivity contribution in [3.05, 3.63) is 51.5 Å². The molecule has 5 nitrogen and oxygen atoms in total. The van der Waals surface area contributed by atoms with Crippen molar-refractivity contribution in [3.8, 4) is 0 Å². The highest BCUT2D eigenvalue weighted by Crippen LogP contribution is 2.29. The van der Waals surface area contributed by atoms with E-state index in [1.165, 1.54) is 6.07 Å². The maximum atomic E-state index is 12.5. The van der Waals surface area contributed by atoms with Gasteiger partial charge in [-0.3, -0.25) is 9.82 Å². The fourth-order valence-corrected chi connectivity index (χ4v) is 4.78. The highest BCUT2D eigenvalue weighted by atomic mass is 79.9. The van der Waals surface area contributed by atoms with E-state index in [0.717, 1.165) is 9.99 Å². The maximum Gasteiger partial charge on any atom is 0.263 e. The summed E-state index contributed by atoms with van der Waals surface area (Å²) in [7, 11) is -3.69. The van der Waals surface area contributed by atoms with Crippen molar-refractivity contribution >= 4 is 58.5 Å². The molecule has 0 aliphatic rings. The summed E-state index contributed by atoms with van der Waals surface area (Å²) in [6.07, 6.45) is 1.59. The van der Waals surface area contributed by atoms with Gasteiger partial charge in [0.2, 0.25) is 0 Å². The number of aromatic amines is 1. The summed E-state index contributed by atoms with van der Waals surface area (Å²) in [6, 6.07) is 10.2. The van der Waals surface area contributed by atoms with Gasteiger partial charge < -0.3 is 0 Å². The summed E-state index contributed by atoms with van der Waals surface area (Å²) in [5.41, 5.74) is 1.25. The molecule has 1 heterocycles. The van der Waals surface area contributed by atoms with E-state index in [2.05, 4.69) is 46.8 Å². The minimum atomic E-state index is -3.69. The van der Waals surface area contributed by atoms with E-state index in [0.29, 0.717) is 15.5 Å². The summed E-state index contributed by atoms with van der Waals surface area (Å²) >= 11 is 6.57. The number of sulfonamides is 1. The lowest BCUT2D eigenvalue weighted by molar-refractivity contribution is 0.601. The third kappa shape index (κ3) is 2.83. The summed E-state index contributed by atoms with van der Waals surface area (Å²) in [5, 5.41) is 7.44. The van der Waals surface area contributed by atoms with Crippen molar-refractivity contribution in [3.63, 3.8) is 0 Å². The van der Waals surface area contributed by atoms with Crippen LogP contribution in [0.3, 0.4) is 0 Å².